The molecule has 0 unspecified atom stereocenters. The minimum absolute atomic E-state index is 0.124. The van der Waals surface area contributed by atoms with Gasteiger partial charge in [-0.15, -0.1) is 0 Å². The third-order valence-corrected chi connectivity index (χ3v) is 4.85. The number of halogens is 2. The number of rotatable bonds is 3. The van der Waals surface area contributed by atoms with Gasteiger partial charge in [0.2, 0.25) is 5.91 Å². The first kappa shape index (κ1) is 18.5. The molecule has 0 bridgehead atoms. The van der Waals surface area contributed by atoms with Crippen LogP contribution in [-0.4, -0.2) is 11.9 Å². The minimum Gasteiger partial charge on any atom is -0.365 e. The minimum atomic E-state index is -0.631. The lowest BCUT2D eigenvalue weighted by Gasteiger charge is -2.37. The van der Waals surface area contributed by atoms with Gasteiger partial charge in [0.25, 0.3) is 0 Å². The van der Waals surface area contributed by atoms with Gasteiger partial charge < -0.3 is 10.1 Å². The largest absolute Gasteiger partial charge is 0.365 e. The summed E-state index contributed by atoms with van der Waals surface area (Å²) in [7, 11) is 0. The van der Waals surface area contributed by atoms with Crippen LogP contribution < -0.4 is 5.32 Å². The fourth-order valence-electron chi connectivity index (χ4n) is 3.82. The van der Waals surface area contributed by atoms with E-state index >= 15 is 0 Å². The predicted molar refractivity (Wildman–Crippen MR) is 95.7 cm³/mol. The van der Waals surface area contributed by atoms with Gasteiger partial charge in [0, 0.05) is 19.0 Å². The van der Waals surface area contributed by atoms with Crippen molar-refractivity contribution in [1.82, 2.24) is 5.32 Å². The van der Waals surface area contributed by atoms with Crippen molar-refractivity contribution in [1.29, 1.82) is 0 Å². The van der Waals surface area contributed by atoms with Crippen LogP contribution in [0.5, 0.6) is 0 Å². The third kappa shape index (κ3) is 4.10. The Hall–Kier alpha value is -2.27. The van der Waals surface area contributed by atoms with Gasteiger partial charge in [-0.2, -0.15) is 0 Å². The monoisotopic (exact) mass is 359 g/mol. The van der Waals surface area contributed by atoms with E-state index in [1.54, 1.807) is 0 Å². The fourth-order valence-corrected chi connectivity index (χ4v) is 3.82. The first-order valence-electron chi connectivity index (χ1n) is 8.78. The summed E-state index contributed by atoms with van der Waals surface area (Å²) < 4.78 is 33.6. The molecular weight excluding hydrogens is 336 g/mol. The van der Waals surface area contributed by atoms with Gasteiger partial charge >= 0.3 is 0 Å². The molecule has 1 aliphatic rings. The molecular formula is C21H23F2NO2. The summed E-state index contributed by atoms with van der Waals surface area (Å²) in [6.45, 7) is 5.51. The van der Waals surface area contributed by atoms with E-state index < -0.39 is 17.7 Å². The second-order valence-corrected chi connectivity index (χ2v) is 6.99. The summed E-state index contributed by atoms with van der Waals surface area (Å²) in [5.74, 6) is -1.39. The lowest BCUT2D eigenvalue weighted by Crippen LogP contribution is -2.40. The van der Waals surface area contributed by atoms with Crippen molar-refractivity contribution in [3.8, 4) is 0 Å². The van der Waals surface area contributed by atoms with E-state index in [1.165, 1.54) is 19.1 Å². The molecule has 3 atom stereocenters. The number of benzene rings is 2. The van der Waals surface area contributed by atoms with E-state index in [9.17, 15) is 13.6 Å². The van der Waals surface area contributed by atoms with E-state index in [1.807, 2.05) is 32.0 Å². The Morgan fingerprint density at radius 1 is 1.04 bits per heavy atom. The molecule has 0 saturated carbocycles. The summed E-state index contributed by atoms with van der Waals surface area (Å²) in [5, 5.41) is 2.94. The van der Waals surface area contributed by atoms with Crippen LogP contribution in [0.3, 0.4) is 0 Å². The highest BCUT2D eigenvalue weighted by molar-refractivity contribution is 5.73. The summed E-state index contributed by atoms with van der Waals surface area (Å²) in [6.07, 6.45) is 0.358. The summed E-state index contributed by atoms with van der Waals surface area (Å²) in [4.78, 5) is 11.6. The molecule has 2 aromatic carbocycles. The molecule has 138 valence electrons. The zero-order valence-electron chi connectivity index (χ0n) is 15.2. The number of hydrogen-bond donors (Lipinski definition) is 1. The SMILES string of the molecule is CC(=O)N[C@H]1C[C@@H](c2c(C)cccc2C)O[C@@H](c2cc(F)cc(F)c2)C1. The smallest absolute Gasteiger partial charge is 0.217 e. The number of aryl methyl sites for hydroxylation is 2. The Balaban J connectivity index is 1.96. The van der Waals surface area contributed by atoms with E-state index in [-0.39, 0.29) is 18.1 Å². The summed E-state index contributed by atoms with van der Waals surface area (Å²) in [5.41, 5.74) is 3.73. The highest BCUT2D eigenvalue weighted by Crippen LogP contribution is 2.41. The predicted octanol–water partition coefficient (Wildman–Crippen LogP) is 4.68. The lowest BCUT2D eigenvalue weighted by atomic mass is 9.88. The van der Waals surface area contributed by atoms with Gasteiger partial charge in [0.05, 0.1) is 12.2 Å². The maximum atomic E-state index is 13.7. The summed E-state index contributed by atoms with van der Waals surface area (Å²) in [6, 6.07) is 9.34. The highest BCUT2D eigenvalue weighted by Gasteiger charge is 2.33. The Morgan fingerprint density at radius 2 is 1.62 bits per heavy atom. The molecule has 3 nitrogen and oxygen atoms in total. The number of ether oxygens (including phenoxy) is 1. The van der Waals surface area contributed by atoms with Gasteiger partial charge in [0.1, 0.15) is 11.6 Å². The van der Waals surface area contributed by atoms with Crippen molar-refractivity contribution in [3.63, 3.8) is 0 Å². The molecule has 0 spiro atoms. The van der Waals surface area contributed by atoms with Crippen molar-refractivity contribution in [2.45, 2.75) is 51.9 Å². The standard InChI is InChI=1S/C21H23F2NO2/c1-12-5-4-6-13(2)21(12)20-11-18(24-14(3)25)10-19(26-20)15-7-16(22)9-17(23)8-15/h4-9,18-20H,10-11H2,1-3H3,(H,24,25)/t18-,19-,20+/m1/s1. The van der Waals surface area contributed by atoms with Gasteiger partial charge in [0.15, 0.2) is 0 Å². The van der Waals surface area contributed by atoms with E-state index in [2.05, 4.69) is 5.32 Å². The van der Waals surface area contributed by atoms with Crippen molar-refractivity contribution in [2.24, 2.45) is 0 Å². The zero-order chi connectivity index (χ0) is 18.8. The van der Waals surface area contributed by atoms with Crippen molar-refractivity contribution >= 4 is 5.91 Å². The number of carbonyl (C=O) groups excluding carboxylic acids is 1. The van der Waals surface area contributed by atoms with Gasteiger partial charge in [-0.1, -0.05) is 18.2 Å². The first-order chi connectivity index (χ1) is 12.3. The van der Waals surface area contributed by atoms with E-state index in [0.717, 1.165) is 22.8 Å². The number of carbonyl (C=O) groups is 1. The molecule has 3 rings (SSSR count). The molecule has 0 radical (unpaired) electrons. The topological polar surface area (TPSA) is 38.3 Å². The van der Waals surface area contributed by atoms with Crippen molar-refractivity contribution < 1.29 is 18.3 Å². The zero-order valence-corrected chi connectivity index (χ0v) is 15.2. The Kier molecular flexibility index (Phi) is 5.37. The van der Waals surface area contributed by atoms with Crippen molar-refractivity contribution in [3.05, 3.63) is 70.3 Å². The van der Waals surface area contributed by atoms with Gasteiger partial charge in [-0.3, -0.25) is 4.79 Å². The van der Waals surface area contributed by atoms with Gasteiger partial charge in [-0.25, -0.2) is 8.78 Å². The average molecular weight is 359 g/mol. The van der Waals surface area contributed by atoms with Crippen LogP contribution in [0.1, 0.15) is 54.2 Å². The molecule has 0 aliphatic carbocycles. The Labute approximate surface area is 152 Å². The molecule has 1 saturated heterocycles. The average Bonchev–Trinajstić information content (AvgIpc) is 2.53. The number of amides is 1. The Morgan fingerprint density at radius 3 is 2.19 bits per heavy atom. The molecule has 1 fully saturated rings. The normalized spacial score (nSPS) is 22.9. The first-order valence-corrected chi connectivity index (χ1v) is 8.78. The molecule has 0 aromatic heterocycles. The lowest BCUT2D eigenvalue weighted by molar-refractivity contribution is -0.122. The van der Waals surface area contributed by atoms with Gasteiger partial charge in [-0.05, 0) is 61.1 Å². The number of nitrogens with one attached hydrogen (secondary N) is 1. The maximum Gasteiger partial charge on any atom is 0.217 e. The molecule has 1 heterocycles. The Bertz CT molecular complexity index is 781. The quantitative estimate of drug-likeness (QED) is 0.864. The van der Waals surface area contributed by atoms with Crippen molar-refractivity contribution in [2.75, 3.05) is 0 Å². The molecule has 1 amide bonds. The third-order valence-electron chi connectivity index (χ3n) is 4.85. The highest BCUT2D eigenvalue weighted by atomic mass is 19.1. The van der Waals surface area contributed by atoms with Crippen LogP contribution in [0, 0.1) is 25.5 Å². The second kappa shape index (κ2) is 7.54. The van der Waals surface area contributed by atoms with Crippen LogP contribution in [0.25, 0.3) is 0 Å². The molecule has 2 aromatic rings. The van der Waals surface area contributed by atoms with E-state index in [0.29, 0.717) is 18.4 Å². The maximum absolute atomic E-state index is 13.7. The van der Waals surface area contributed by atoms with Crippen LogP contribution in [-0.2, 0) is 9.53 Å². The fraction of sp³-hybridized carbons (Fsp3) is 0.381. The molecule has 1 aliphatic heterocycles. The van der Waals surface area contributed by atoms with Crippen LogP contribution in [0.2, 0.25) is 0 Å². The van der Waals surface area contributed by atoms with E-state index in [4.69, 9.17) is 4.74 Å². The molecule has 26 heavy (non-hydrogen) atoms. The number of hydrogen-bond acceptors (Lipinski definition) is 2. The molecule has 5 heteroatoms. The van der Waals surface area contributed by atoms with Crippen LogP contribution in [0.4, 0.5) is 8.78 Å². The van der Waals surface area contributed by atoms with Crippen LogP contribution in [0.15, 0.2) is 36.4 Å². The van der Waals surface area contributed by atoms with Crippen LogP contribution >= 0.6 is 0 Å². The molecule has 1 N–H and O–H groups in total. The second-order valence-electron chi connectivity index (χ2n) is 6.99. The summed E-state index contributed by atoms with van der Waals surface area (Å²) >= 11 is 0.